The van der Waals surface area contributed by atoms with Gasteiger partial charge in [0.2, 0.25) is 0 Å². The molecule has 2 rings (SSSR count). The fourth-order valence-corrected chi connectivity index (χ4v) is 3.83. The average molecular weight is 431 g/mol. The molecule has 164 valence electrons. The maximum Gasteiger partial charge on any atom is 0.333 e. The number of rotatable bonds is 6. The van der Waals surface area contributed by atoms with Crippen LogP contribution >= 0.6 is 0 Å². The lowest BCUT2D eigenvalue weighted by Crippen LogP contribution is -2.45. The van der Waals surface area contributed by atoms with E-state index in [1.807, 2.05) is 13.1 Å². The Bertz CT molecular complexity index is 885. The van der Waals surface area contributed by atoms with Gasteiger partial charge in [-0.2, -0.15) is 0 Å². The van der Waals surface area contributed by atoms with Crippen molar-refractivity contribution >= 4 is 14.3 Å². The predicted octanol–water partition coefficient (Wildman–Crippen LogP) is 0.0440. The molecule has 0 aromatic carbocycles. The van der Waals surface area contributed by atoms with Crippen molar-refractivity contribution in [3.63, 3.8) is 0 Å². The molecule has 0 aliphatic carbocycles. The van der Waals surface area contributed by atoms with E-state index in [0.29, 0.717) is 4.57 Å². The first-order chi connectivity index (χ1) is 13.2. The van der Waals surface area contributed by atoms with E-state index in [9.17, 15) is 24.6 Å². The van der Waals surface area contributed by atoms with Gasteiger partial charge in [-0.1, -0.05) is 20.8 Å². The summed E-state index contributed by atoms with van der Waals surface area (Å²) in [6.45, 7) is 10.9. The molecule has 0 spiro atoms. The predicted molar refractivity (Wildman–Crippen MR) is 106 cm³/mol. The van der Waals surface area contributed by atoms with Gasteiger partial charge in [0.15, 0.2) is 14.5 Å². The number of hydrogen-bond acceptors (Lipinski definition) is 7. The molecule has 0 bridgehead atoms. The first-order valence-corrected chi connectivity index (χ1v) is 12.3. The zero-order valence-corrected chi connectivity index (χ0v) is 18.6. The maximum atomic E-state index is 12.6. The summed E-state index contributed by atoms with van der Waals surface area (Å²) in [4.78, 5) is 35.8. The van der Waals surface area contributed by atoms with E-state index in [0.717, 1.165) is 4.57 Å². The summed E-state index contributed by atoms with van der Waals surface area (Å²) < 4.78 is 13.3. The fourth-order valence-electron chi connectivity index (χ4n) is 2.82. The molecule has 1 aromatic rings. The number of aliphatic hydroxyl groups is 2. The SMILES string of the molecule is Cc1cn(C2OC(CO[Si](C)(C)C(C)(C)C)C(O)C2O)c(=O)n(CC(=O)O)c1=O. The molecule has 1 aliphatic rings. The molecule has 1 fully saturated rings. The van der Waals surface area contributed by atoms with Gasteiger partial charge in [0.25, 0.3) is 5.56 Å². The Morgan fingerprint density at radius 3 is 2.34 bits per heavy atom. The molecule has 10 nitrogen and oxygen atoms in total. The van der Waals surface area contributed by atoms with Crippen LogP contribution in [0.4, 0.5) is 0 Å². The van der Waals surface area contributed by atoms with Crippen LogP contribution in [0.1, 0.15) is 32.6 Å². The third kappa shape index (κ3) is 4.69. The highest BCUT2D eigenvalue weighted by atomic mass is 28.4. The van der Waals surface area contributed by atoms with Crippen LogP contribution in [0.5, 0.6) is 0 Å². The minimum atomic E-state index is -2.13. The number of aliphatic hydroxyl groups excluding tert-OH is 2. The lowest BCUT2D eigenvalue weighted by molar-refractivity contribution is -0.137. The van der Waals surface area contributed by atoms with Crippen molar-refractivity contribution in [3.8, 4) is 0 Å². The van der Waals surface area contributed by atoms with Gasteiger partial charge in [-0.15, -0.1) is 0 Å². The van der Waals surface area contributed by atoms with E-state index in [-0.39, 0.29) is 17.2 Å². The fraction of sp³-hybridized carbons (Fsp3) is 0.722. The standard InChI is InChI=1S/C18H30N2O8Si/c1-10-7-20(17(26)19(15(10)25)8-12(21)22)16-14(24)13(23)11(28-16)9-27-29(5,6)18(2,3)4/h7,11,13-14,16,23-24H,8-9H2,1-6H3,(H,21,22). The van der Waals surface area contributed by atoms with Crippen molar-refractivity contribution in [2.24, 2.45) is 0 Å². The zero-order valence-electron chi connectivity index (χ0n) is 17.6. The lowest BCUT2D eigenvalue weighted by atomic mass is 10.1. The van der Waals surface area contributed by atoms with E-state index >= 15 is 0 Å². The van der Waals surface area contributed by atoms with Gasteiger partial charge >= 0.3 is 11.7 Å². The molecule has 0 radical (unpaired) electrons. The highest BCUT2D eigenvalue weighted by Crippen LogP contribution is 2.37. The summed E-state index contributed by atoms with van der Waals surface area (Å²) in [5.74, 6) is -1.35. The number of carboxylic acid groups (broad SMARTS) is 1. The van der Waals surface area contributed by atoms with Crippen LogP contribution in [-0.4, -0.2) is 63.7 Å². The van der Waals surface area contributed by atoms with Gasteiger partial charge in [-0.25, -0.2) is 9.36 Å². The number of carboxylic acids is 1. The third-order valence-electron chi connectivity index (χ3n) is 5.69. The molecular formula is C18H30N2O8Si. The van der Waals surface area contributed by atoms with Gasteiger partial charge in [0, 0.05) is 11.8 Å². The van der Waals surface area contributed by atoms with Gasteiger partial charge < -0.3 is 24.5 Å². The van der Waals surface area contributed by atoms with Crippen molar-refractivity contribution in [1.82, 2.24) is 9.13 Å². The molecule has 4 unspecified atom stereocenters. The molecule has 0 amide bonds. The Morgan fingerprint density at radius 1 is 1.24 bits per heavy atom. The first-order valence-electron chi connectivity index (χ1n) is 9.37. The summed E-state index contributed by atoms with van der Waals surface area (Å²) in [5.41, 5.74) is -1.57. The van der Waals surface area contributed by atoms with E-state index in [2.05, 4.69) is 20.8 Å². The number of aryl methyl sites for hydroxylation is 1. The van der Waals surface area contributed by atoms with Crippen molar-refractivity contribution in [3.05, 3.63) is 32.6 Å². The van der Waals surface area contributed by atoms with E-state index in [1.165, 1.54) is 13.1 Å². The minimum Gasteiger partial charge on any atom is -0.480 e. The first kappa shape index (κ1) is 23.5. The van der Waals surface area contributed by atoms with Gasteiger partial charge in [0.1, 0.15) is 24.9 Å². The summed E-state index contributed by atoms with van der Waals surface area (Å²) in [5, 5.41) is 29.8. The zero-order chi connectivity index (χ0) is 22.3. The summed E-state index contributed by atoms with van der Waals surface area (Å²) in [6.07, 6.45) is -3.71. The number of carbonyl (C=O) groups is 1. The van der Waals surface area contributed by atoms with E-state index < -0.39 is 56.6 Å². The molecule has 3 N–H and O–H groups in total. The Morgan fingerprint density at radius 2 is 1.83 bits per heavy atom. The Hall–Kier alpha value is -1.79. The summed E-state index contributed by atoms with van der Waals surface area (Å²) in [6, 6.07) is 0. The second-order valence-electron chi connectivity index (χ2n) is 8.90. The van der Waals surface area contributed by atoms with Crippen LogP contribution in [0.2, 0.25) is 18.1 Å². The number of nitrogens with zero attached hydrogens (tertiary/aromatic N) is 2. The van der Waals surface area contributed by atoms with Crippen molar-refractivity contribution in [2.45, 2.75) is 76.9 Å². The highest BCUT2D eigenvalue weighted by molar-refractivity contribution is 6.74. The van der Waals surface area contributed by atoms with Crippen molar-refractivity contribution in [1.29, 1.82) is 0 Å². The van der Waals surface area contributed by atoms with E-state index in [4.69, 9.17) is 14.3 Å². The maximum absolute atomic E-state index is 12.6. The third-order valence-corrected chi connectivity index (χ3v) is 10.2. The number of aliphatic carboxylic acids is 1. The average Bonchev–Trinajstić information content (AvgIpc) is 2.87. The van der Waals surface area contributed by atoms with Crippen LogP contribution in [-0.2, 0) is 20.5 Å². The Kier molecular flexibility index (Phi) is 6.60. The van der Waals surface area contributed by atoms with Gasteiger partial charge in [-0.05, 0) is 25.1 Å². The quantitative estimate of drug-likeness (QED) is 0.538. The largest absolute Gasteiger partial charge is 0.480 e. The Balaban J connectivity index is 2.31. The molecular weight excluding hydrogens is 400 g/mol. The summed E-state index contributed by atoms with van der Waals surface area (Å²) in [7, 11) is -2.13. The molecule has 1 saturated heterocycles. The van der Waals surface area contributed by atoms with Gasteiger partial charge in [0.05, 0.1) is 6.61 Å². The lowest BCUT2D eigenvalue weighted by Gasteiger charge is -2.37. The van der Waals surface area contributed by atoms with Crippen molar-refractivity contribution < 1.29 is 29.3 Å². The number of hydrogen-bond donors (Lipinski definition) is 3. The van der Waals surface area contributed by atoms with E-state index in [1.54, 1.807) is 0 Å². The molecule has 0 saturated carbocycles. The monoisotopic (exact) mass is 430 g/mol. The molecule has 1 aliphatic heterocycles. The van der Waals surface area contributed by atoms with Crippen LogP contribution in [0, 0.1) is 6.92 Å². The molecule has 2 heterocycles. The molecule has 4 atom stereocenters. The normalized spacial score (nSPS) is 25.4. The van der Waals surface area contributed by atoms with Crippen molar-refractivity contribution in [2.75, 3.05) is 6.61 Å². The molecule has 1 aromatic heterocycles. The minimum absolute atomic E-state index is 0.0354. The van der Waals surface area contributed by atoms with Crippen LogP contribution in [0.3, 0.4) is 0 Å². The second kappa shape index (κ2) is 8.15. The number of ether oxygens (including phenoxy) is 1. The van der Waals surface area contributed by atoms with Crippen LogP contribution in [0.25, 0.3) is 0 Å². The number of aromatic nitrogens is 2. The molecule has 11 heteroatoms. The summed E-state index contributed by atoms with van der Waals surface area (Å²) >= 11 is 0. The molecule has 29 heavy (non-hydrogen) atoms. The van der Waals surface area contributed by atoms with Gasteiger partial charge in [-0.3, -0.25) is 14.2 Å². The second-order valence-corrected chi connectivity index (χ2v) is 13.7. The Labute approximate surface area is 169 Å². The highest BCUT2D eigenvalue weighted by Gasteiger charge is 2.46. The topological polar surface area (TPSA) is 140 Å². The van der Waals surface area contributed by atoms with Crippen LogP contribution < -0.4 is 11.2 Å². The van der Waals surface area contributed by atoms with Crippen LogP contribution in [0.15, 0.2) is 15.8 Å². The smallest absolute Gasteiger partial charge is 0.333 e.